The molecule has 0 atom stereocenters. The molecule has 0 spiro atoms. The summed E-state index contributed by atoms with van der Waals surface area (Å²) in [5.74, 6) is 0.0427. The number of fused-ring (bicyclic) bond motifs is 1. The van der Waals surface area contributed by atoms with Crippen LogP contribution in [0.1, 0.15) is 23.0 Å². The molecule has 0 aliphatic heterocycles. The van der Waals surface area contributed by atoms with Crippen molar-refractivity contribution >= 4 is 42.4 Å². The molecule has 1 amide bonds. The van der Waals surface area contributed by atoms with E-state index < -0.39 is 15.7 Å². The van der Waals surface area contributed by atoms with Gasteiger partial charge < -0.3 is 4.74 Å². The molecule has 4 rings (SSSR count). The lowest BCUT2D eigenvalue weighted by atomic mass is 10.2. The Bertz CT molecular complexity index is 1370. The highest BCUT2D eigenvalue weighted by molar-refractivity contribution is 7.91. The molecule has 0 saturated heterocycles. The summed E-state index contributed by atoms with van der Waals surface area (Å²) < 4.78 is 31.6. The number of sulfone groups is 1. The van der Waals surface area contributed by atoms with E-state index in [1.165, 1.54) is 28.4 Å². The van der Waals surface area contributed by atoms with Crippen molar-refractivity contribution in [3.63, 3.8) is 0 Å². The molecule has 2 heterocycles. The SMILES string of the molecule is CCS(=O)(=O)c1ccccc1C(=O)N(Cc1ccccn1)c1nc2c(OC)cccc2s1. The largest absolute Gasteiger partial charge is 0.494 e. The van der Waals surface area contributed by atoms with Gasteiger partial charge in [0.25, 0.3) is 5.91 Å². The van der Waals surface area contributed by atoms with Crippen LogP contribution in [-0.2, 0) is 16.4 Å². The summed E-state index contributed by atoms with van der Waals surface area (Å²) in [6.07, 6.45) is 1.65. The van der Waals surface area contributed by atoms with Crippen LogP contribution < -0.4 is 9.64 Å². The summed E-state index contributed by atoms with van der Waals surface area (Å²) >= 11 is 1.33. The highest BCUT2D eigenvalue weighted by atomic mass is 32.2. The van der Waals surface area contributed by atoms with Crippen molar-refractivity contribution < 1.29 is 17.9 Å². The molecule has 4 aromatic rings. The lowest BCUT2D eigenvalue weighted by molar-refractivity contribution is 0.0981. The van der Waals surface area contributed by atoms with Crippen LogP contribution in [0.2, 0.25) is 0 Å². The van der Waals surface area contributed by atoms with E-state index >= 15 is 0 Å². The van der Waals surface area contributed by atoms with E-state index in [0.717, 1.165) is 4.70 Å². The third kappa shape index (κ3) is 4.21. The first kappa shape index (κ1) is 21.9. The number of aromatic nitrogens is 2. The number of carbonyl (C=O) groups is 1. The third-order valence-electron chi connectivity index (χ3n) is 4.95. The lowest BCUT2D eigenvalue weighted by Gasteiger charge is -2.21. The molecule has 2 aromatic carbocycles. The Kier molecular flexibility index (Phi) is 6.20. The maximum Gasteiger partial charge on any atom is 0.261 e. The molecule has 0 radical (unpaired) electrons. The molecule has 0 saturated carbocycles. The lowest BCUT2D eigenvalue weighted by Crippen LogP contribution is -2.32. The van der Waals surface area contributed by atoms with Crippen molar-refractivity contribution in [1.82, 2.24) is 9.97 Å². The van der Waals surface area contributed by atoms with Crippen molar-refractivity contribution in [2.75, 3.05) is 17.8 Å². The number of ether oxygens (including phenoxy) is 1. The van der Waals surface area contributed by atoms with E-state index in [4.69, 9.17) is 4.74 Å². The molecule has 0 fully saturated rings. The number of pyridine rings is 1. The van der Waals surface area contributed by atoms with Crippen LogP contribution >= 0.6 is 11.3 Å². The third-order valence-corrected chi connectivity index (χ3v) is 7.78. The molecule has 9 heteroatoms. The van der Waals surface area contributed by atoms with Crippen molar-refractivity contribution in [1.29, 1.82) is 0 Å². The number of methoxy groups -OCH3 is 1. The summed E-state index contributed by atoms with van der Waals surface area (Å²) in [6, 6.07) is 17.3. The van der Waals surface area contributed by atoms with Gasteiger partial charge in [-0.25, -0.2) is 13.4 Å². The van der Waals surface area contributed by atoms with Gasteiger partial charge in [-0.05, 0) is 36.4 Å². The quantitative estimate of drug-likeness (QED) is 0.402. The van der Waals surface area contributed by atoms with E-state index in [-0.39, 0.29) is 22.8 Å². The van der Waals surface area contributed by atoms with Gasteiger partial charge in [-0.2, -0.15) is 0 Å². The number of para-hydroxylation sites is 1. The molecule has 0 bridgehead atoms. The van der Waals surface area contributed by atoms with Crippen molar-refractivity contribution in [3.8, 4) is 5.75 Å². The molecule has 7 nitrogen and oxygen atoms in total. The van der Waals surface area contributed by atoms with Gasteiger partial charge in [-0.3, -0.25) is 14.7 Å². The number of benzene rings is 2. The maximum atomic E-state index is 13.7. The predicted molar refractivity (Wildman–Crippen MR) is 125 cm³/mol. The van der Waals surface area contributed by atoms with Gasteiger partial charge in [-0.1, -0.05) is 42.5 Å². The average molecular weight is 468 g/mol. The summed E-state index contributed by atoms with van der Waals surface area (Å²) in [7, 11) is -2.03. The van der Waals surface area contributed by atoms with E-state index in [1.807, 2.05) is 24.3 Å². The Morgan fingerprint density at radius 2 is 1.84 bits per heavy atom. The Morgan fingerprint density at radius 1 is 1.06 bits per heavy atom. The minimum atomic E-state index is -3.60. The van der Waals surface area contributed by atoms with Gasteiger partial charge in [0.1, 0.15) is 11.3 Å². The number of amides is 1. The van der Waals surface area contributed by atoms with Crippen LogP contribution in [0.3, 0.4) is 0 Å². The van der Waals surface area contributed by atoms with Gasteiger partial charge in [-0.15, -0.1) is 0 Å². The van der Waals surface area contributed by atoms with Crippen LogP contribution in [0.15, 0.2) is 71.8 Å². The summed E-state index contributed by atoms with van der Waals surface area (Å²) in [5, 5.41) is 0.434. The van der Waals surface area contributed by atoms with E-state index in [2.05, 4.69) is 9.97 Å². The van der Waals surface area contributed by atoms with E-state index in [9.17, 15) is 13.2 Å². The second kappa shape index (κ2) is 9.05. The Hall–Kier alpha value is -3.30. The molecule has 0 aliphatic rings. The molecular weight excluding hydrogens is 446 g/mol. The first-order valence-electron chi connectivity index (χ1n) is 9.91. The van der Waals surface area contributed by atoms with E-state index in [0.29, 0.717) is 22.1 Å². The van der Waals surface area contributed by atoms with Crippen molar-refractivity contribution in [3.05, 3.63) is 78.1 Å². The fourth-order valence-corrected chi connectivity index (χ4v) is 5.36. The number of nitrogens with zero attached hydrogens (tertiary/aromatic N) is 3. The van der Waals surface area contributed by atoms with Gasteiger partial charge >= 0.3 is 0 Å². The monoisotopic (exact) mass is 467 g/mol. The van der Waals surface area contributed by atoms with Crippen LogP contribution in [0.5, 0.6) is 5.75 Å². The fourth-order valence-electron chi connectivity index (χ4n) is 3.29. The number of hydrogen-bond acceptors (Lipinski definition) is 7. The Labute approximate surface area is 190 Å². The fraction of sp³-hybridized carbons (Fsp3) is 0.174. The predicted octanol–water partition coefficient (Wildman–Crippen LogP) is 4.34. The minimum absolute atomic E-state index is 0.0113. The normalized spacial score (nSPS) is 11.4. The maximum absolute atomic E-state index is 13.7. The standard InChI is InChI=1S/C23H21N3O4S2/c1-3-32(28,29)20-13-5-4-10-17(20)22(27)26(15-16-9-6-7-14-24-16)23-25-21-18(30-2)11-8-12-19(21)31-23/h4-14H,3,15H2,1-2H3. The molecule has 164 valence electrons. The van der Waals surface area contributed by atoms with Gasteiger partial charge in [0.05, 0.1) is 40.3 Å². The molecule has 2 aromatic heterocycles. The average Bonchev–Trinajstić information content (AvgIpc) is 3.27. The smallest absolute Gasteiger partial charge is 0.261 e. The zero-order valence-electron chi connectivity index (χ0n) is 17.6. The second-order valence-corrected chi connectivity index (χ2v) is 10.2. The number of thiazole rings is 1. The summed E-state index contributed by atoms with van der Waals surface area (Å²) in [6.45, 7) is 1.70. The van der Waals surface area contributed by atoms with Gasteiger partial charge in [0.2, 0.25) is 0 Å². The zero-order chi connectivity index (χ0) is 22.7. The minimum Gasteiger partial charge on any atom is -0.494 e. The van der Waals surface area contributed by atoms with E-state index in [1.54, 1.807) is 44.5 Å². The van der Waals surface area contributed by atoms with Crippen LogP contribution in [0.25, 0.3) is 10.2 Å². The van der Waals surface area contributed by atoms with Crippen molar-refractivity contribution in [2.24, 2.45) is 0 Å². The first-order valence-corrected chi connectivity index (χ1v) is 12.4. The second-order valence-electron chi connectivity index (χ2n) is 6.92. The van der Waals surface area contributed by atoms with Crippen LogP contribution in [0, 0.1) is 0 Å². The van der Waals surface area contributed by atoms with Crippen molar-refractivity contribution in [2.45, 2.75) is 18.4 Å². The molecule has 0 aliphatic carbocycles. The highest BCUT2D eigenvalue weighted by Gasteiger charge is 2.28. The number of anilines is 1. The Morgan fingerprint density at radius 3 is 2.56 bits per heavy atom. The number of hydrogen-bond donors (Lipinski definition) is 0. The number of rotatable bonds is 7. The summed E-state index contributed by atoms with van der Waals surface area (Å²) in [4.78, 5) is 24.2. The van der Waals surface area contributed by atoms with Gasteiger partial charge in [0.15, 0.2) is 15.0 Å². The molecular formula is C23H21N3O4S2. The van der Waals surface area contributed by atoms with Crippen LogP contribution in [0.4, 0.5) is 5.13 Å². The molecule has 0 N–H and O–H groups in total. The zero-order valence-corrected chi connectivity index (χ0v) is 19.2. The molecule has 32 heavy (non-hydrogen) atoms. The van der Waals surface area contributed by atoms with Crippen LogP contribution in [-0.4, -0.2) is 37.2 Å². The molecule has 0 unspecified atom stereocenters. The summed E-state index contributed by atoms with van der Waals surface area (Å²) in [5.41, 5.74) is 1.41. The van der Waals surface area contributed by atoms with Gasteiger partial charge in [0, 0.05) is 6.20 Å². The topological polar surface area (TPSA) is 89.5 Å². The number of carbonyl (C=O) groups excluding carboxylic acids is 1. The highest BCUT2D eigenvalue weighted by Crippen LogP contribution is 2.35. The Balaban J connectivity index is 1.86. The first-order chi connectivity index (χ1) is 15.4.